The highest BCUT2D eigenvalue weighted by Gasteiger charge is 2.18. The fourth-order valence-electron chi connectivity index (χ4n) is 1.27. The summed E-state index contributed by atoms with van der Waals surface area (Å²) in [6.07, 6.45) is 0.753. The van der Waals surface area contributed by atoms with Gasteiger partial charge >= 0.3 is 0 Å². The van der Waals surface area contributed by atoms with Crippen LogP contribution in [0.3, 0.4) is 0 Å². The summed E-state index contributed by atoms with van der Waals surface area (Å²) in [6.45, 7) is 4.44. The third kappa shape index (κ3) is 3.28. The maximum Gasteiger partial charge on any atom is 0.123 e. The maximum absolute atomic E-state index is 12.8. The van der Waals surface area contributed by atoms with E-state index in [1.54, 1.807) is 12.1 Å². The molecule has 0 spiro atoms. The van der Waals surface area contributed by atoms with E-state index in [1.165, 1.54) is 6.07 Å². The van der Waals surface area contributed by atoms with Crippen LogP contribution in [0.2, 0.25) is 13.1 Å². The quantitative estimate of drug-likeness (QED) is 0.738. The van der Waals surface area contributed by atoms with Crippen LogP contribution in [0.4, 0.5) is 4.39 Å². The van der Waals surface area contributed by atoms with Gasteiger partial charge in [0.25, 0.3) is 0 Å². The van der Waals surface area contributed by atoms with Gasteiger partial charge in [0, 0.05) is 0 Å². The number of halogens is 1. The van der Waals surface area contributed by atoms with E-state index in [4.69, 9.17) is 5.73 Å². The van der Waals surface area contributed by atoms with E-state index in [9.17, 15) is 4.39 Å². The van der Waals surface area contributed by atoms with Crippen LogP contribution in [-0.4, -0.2) is 14.2 Å². The summed E-state index contributed by atoms with van der Waals surface area (Å²) < 4.78 is 12.8. The summed E-state index contributed by atoms with van der Waals surface area (Å²) in [4.78, 5) is 0. The molecule has 0 aliphatic rings. The van der Waals surface area contributed by atoms with Crippen molar-refractivity contribution in [3.8, 4) is 0 Å². The van der Waals surface area contributed by atoms with E-state index in [1.807, 2.05) is 6.07 Å². The molecule has 3 heteroatoms. The lowest BCUT2D eigenvalue weighted by Gasteiger charge is -2.19. The minimum Gasteiger partial charge on any atom is -0.333 e. The molecule has 2 N–H and O–H groups in total. The SMILES string of the molecule is C[Si](C)(CN)Cc1cccc(F)c1. The lowest BCUT2D eigenvalue weighted by Crippen LogP contribution is -2.39. The van der Waals surface area contributed by atoms with Crippen molar-refractivity contribution in [1.29, 1.82) is 0 Å². The van der Waals surface area contributed by atoms with Crippen molar-refractivity contribution in [3.63, 3.8) is 0 Å². The molecule has 0 fully saturated rings. The van der Waals surface area contributed by atoms with E-state index < -0.39 is 8.07 Å². The van der Waals surface area contributed by atoms with E-state index in [0.717, 1.165) is 17.8 Å². The Balaban J connectivity index is 2.74. The summed E-state index contributed by atoms with van der Waals surface area (Å²) in [6, 6.07) is 7.76. The van der Waals surface area contributed by atoms with Gasteiger partial charge in [-0.1, -0.05) is 25.2 Å². The topological polar surface area (TPSA) is 26.0 Å². The van der Waals surface area contributed by atoms with Crippen LogP contribution >= 0.6 is 0 Å². The zero-order chi connectivity index (χ0) is 9.90. The molecule has 1 aromatic carbocycles. The van der Waals surface area contributed by atoms with Gasteiger partial charge in [0.2, 0.25) is 0 Å². The highest BCUT2D eigenvalue weighted by atomic mass is 28.3. The molecule has 72 valence electrons. The van der Waals surface area contributed by atoms with Crippen LogP contribution in [0.25, 0.3) is 0 Å². The first kappa shape index (κ1) is 10.4. The molecule has 0 radical (unpaired) electrons. The molecule has 1 nitrogen and oxygen atoms in total. The van der Waals surface area contributed by atoms with Gasteiger partial charge < -0.3 is 5.73 Å². The molecule has 13 heavy (non-hydrogen) atoms. The largest absolute Gasteiger partial charge is 0.333 e. The normalized spacial score (nSPS) is 11.7. The summed E-state index contributed by atoms with van der Waals surface area (Å²) in [5.41, 5.74) is 6.73. The summed E-state index contributed by atoms with van der Waals surface area (Å²) >= 11 is 0. The fourth-order valence-corrected chi connectivity index (χ4v) is 2.74. The van der Waals surface area contributed by atoms with Crippen molar-refractivity contribution in [1.82, 2.24) is 0 Å². The number of hydrogen-bond donors (Lipinski definition) is 1. The Kier molecular flexibility index (Phi) is 3.22. The number of hydrogen-bond acceptors (Lipinski definition) is 1. The van der Waals surface area contributed by atoms with Gasteiger partial charge in [-0.3, -0.25) is 0 Å². The molecule has 0 saturated carbocycles. The van der Waals surface area contributed by atoms with Gasteiger partial charge in [0.05, 0.1) is 8.07 Å². The maximum atomic E-state index is 12.8. The molecule has 0 bridgehead atoms. The van der Waals surface area contributed by atoms with Crippen LogP contribution in [0, 0.1) is 5.82 Å². The molecule has 0 saturated heterocycles. The number of rotatable bonds is 3. The lowest BCUT2D eigenvalue weighted by atomic mass is 10.2. The van der Waals surface area contributed by atoms with E-state index in [-0.39, 0.29) is 5.82 Å². The average molecular weight is 197 g/mol. The molecule has 0 aliphatic carbocycles. The first-order valence-electron chi connectivity index (χ1n) is 4.48. The molecule has 1 aromatic rings. The van der Waals surface area contributed by atoms with Gasteiger partial charge in [-0.2, -0.15) is 0 Å². The van der Waals surface area contributed by atoms with Gasteiger partial charge in [0.15, 0.2) is 0 Å². The van der Waals surface area contributed by atoms with E-state index >= 15 is 0 Å². The average Bonchev–Trinajstić information content (AvgIpc) is 2.03. The molecular formula is C10H16FNSi. The predicted octanol–water partition coefficient (Wildman–Crippen LogP) is 2.11. The molecule has 0 aliphatic heterocycles. The van der Waals surface area contributed by atoms with E-state index in [2.05, 4.69) is 13.1 Å². The predicted molar refractivity (Wildman–Crippen MR) is 56.6 cm³/mol. The van der Waals surface area contributed by atoms with Gasteiger partial charge in [-0.25, -0.2) is 4.39 Å². The van der Waals surface area contributed by atoms with Crippen molar-refractivity contribution < 1.29 is 4.39 Å². The molecule has 0 amide bonds. The Bertz CT molecular complexity index is 286. The van der Waals surface area contributed by atoms with Crippen molar-refractivity contribution in [2.24, 2.45) is 5.73 Å². The smallest absolute Gasteiger partial charge is 0.123 e. The van der Waals surface area contributed by atoms with Crippen molar-refractivity contribution >= 4 is 8.07 Å². The Morgan fingerprint density at radius 1 is 1.38 bits per heavy atom. The lowest BCUT2D eigenvalue weighted by molar-refractivity contribution is 0.626. The van der Waals surface area contributed by atoms with Crippen LogP contribution in [-0.2, 0) is 6.04 Å². The Labute approximate surface area is 79.8 Å². The van der Waals surface area contributed by atoms with Crippen molar-refractivity contribution in [3.05, 3.63) is 35.6 Å². The van der Waals surface area contributed by atoms with Gasteiger partial charge in [-0.15, -0.1) is 0 Å². The van der Waals surface area contributed by atoms with Gasteiger partial charge in [0.1, 0.15) is 5.82 Å². The zero-order valence-electron chi connectivity index (χ0n) is 8.18. The Morgan fingerprint density at radius 2 is 2.08 bits per heavy atom. The van der Waals surface area contributed by atoms with Crippen molar-refractivity contribution in [2.45, 2.75) is 19.1 Å². The number of nitrogens with two attached hydrogens (primary N) is 1. The Hall–Kier alpha value is -0.673. The fraction of sp³-hybridized carbons (Fsp3) is 0.400. The Morgan fingerprint density at radius 3 is 2.62 bits per heavy atom. The highest BCUT2D eigenvalue weighted by Crippen LogP contribution is 2.11. The summed E-state index contributed by atoms with van der Waals surface area (Å²) in [5, 5.41) is 0. The zero-order valence-corrected chi connectivity index (χ0v) is 9.18. The van der Waals surface area contributed by atoms with Crippen LogP contribution in [0.1, 0.15) is 5.56 Å². The third-order valence-corrected chi connectivity index (χ3v) is 4.59. The minimum atomic E-state index is -1.33. The molecule has 1 rings (SSSR count). The van der Waals surface area contributed by atoms with Crippen LogP contribution in [0.15, 0.2) is 24.3 Å². The summed E-state index contributed by atoms with van der Waals surface area (Å²) in [5.74, 6) is -0.153. The first-order valence-corrected chi connectivity index (χ1v) is 7.89. The minimum absolute atomic E-state index is 0.153. The first-order chi connectivity index (χ1) is 6.03. The second-order valence-electron chi connectivity index (χ2n) is 4.18. The second kappa shape index (κ2) is 4.02. The summed E-state index contributed by atoms with van der Waals surface area (Å²) in [7, 11) is -1.33. The third-order valence-electron chi connectivity index (χ3n) is 2.12. The molecule has 0 atom stereocenters. The highest BCUT2D eigenvalue weighted by molar-refractivity contribution is 6.77. The molecule has 0 aromatic heterocycles. The number of benzene rings is 1. The second-order valence-corrected chi connectivity index (χ2v) is 9.27. The van der Waals surface area contributed by atoms with Gasteiger partial charge in [-0.05, 0) is 29.9 Å². The standard InChI is InChI=1S/C10H16FNSi/c1-13(2,8-12)7-9-4-3-5-10(11)6-9/h3-6H,7-8,12H2,1-2H3. The monoisotopic (exact) mass is 197 g/mol. The van der Waals surface area contributed by atoms with Crippen LogP contribution in [0.5, 0.6) is 0 Å². The molecular weight excluding hydrogens is 181 g/mol. The van der Waals surface area contributed by atoms with E-state index in [0.29, 0.717) is 0 Å². The molecule has 0 unspecified atom stereocenters. The molecule has 0 heterocycles. The van der Waals surface area contributed by atoms with Crippen molar-refractivity contribution in [2.75, 3.05) is 6.17 Å². The van der Waals surface area contributed by atoms with Crippen LogP contribution < -0.4 is 5.73 Å².